The van der Waals surface area contributed by atoms with E-state index >= 15 is 0 Å². The Labute approximate surface area is 177 Å². The Morgan fingerprint density at radius 1 is 0.871 bits per heavy atom. The highest BCUT2D eigenvalue weighted by Gasteiger charge is 2.20. The number of amides is 1. The number of para-hydroxylation sites is 2. The predicted octanol–water partition coefficient (Wildman–Crippen LogP) is 4.19. The summed E-state index contributed by atoms with van der Waals surface area (Å²) in [5.74, 6) is -1.53. The number of rotatable bonds is 5. The lowest BCUT2D eigenvalue weighted by atomic mass is 10.1. The summed E-state index contributed by atoms with van der Waals surface area (Å²) in [5, 5.41) is 25.0. The molecule has 31 heavy (non-hydrogen) atoms. The lowest BCUT2D eigenvalue weighted by molar-refractivity contribution is 0.0696. The van der Waals surface area contributed by atoms with Crippen LogP contribution in [0.1, 0.15) is 33.2 Å². The van der Waals surface area contributed by atoms with Crippen molar-refractivity contribution >= 4 is 28.5 Å². The zero-order valence-corrected chi connectivity index (χ0v) is 16.6. The molecule has 0 saturated heterocycles. The van der Waals surface area contributed by atoms with Gasteiger partial charge in [-0.1, -0.05) is 36.4 Å². The van der Waals surface area contributed by atoms with Crippen molar-refractivity contribution in [2.24, 2.45) is 5.10 Å². The van der Waals surface area contributed by atoms with Crippen LogP contribution in [0.2, 0.25) is 0 Å². The Morgan fingerprint density at radius 3 is 2.16 bits per heavy atom. The average molecular weight is 413 g/mol. The summed E-state index contributed by atoms with van der Waals surface area (Å²) in [5.41, 5.74) is 5.40. The van der Waals surface area contributed by atoms with Gasteiger partial charge >= 0.3 is 5.97 Å². The molecule has 1 heterocycles. The maximum Gasteiger partial charge on any atom is 0.335 e. The molecule has 0 aliphatic rings. The second-order valence-electron chi connectivity index (χ2n) is 6.91. The highest BCUT2D eigenvalue weighted by Crippen LogP contribution is 2.34. The fourth-order valence-electron chi connectivity index (χ4n) is 3.44. The molecule has 3 aromatic carbocycles. The summed E-state index contributed by atoms with van der Waals surface area (Å²) >= 11 is 0. The number of hydrazone groups is 1. The van der Waals surface area contributed by atoms with Crippen molar-refractivity contribution in [3.63, 3.8) is 0 Å². The van der Waals surface area contributed by atoms with Crippen LogP contribution in [0.5, 0.6) is 5.88 Å². The van der Waals surface area contributed by atoms with Gasteiger partial charge in [0.1, 0.15) is 0 Å². The number of carbonyl (C=O) groups is 2. The van der Waals surface area contributed by atoms with Gasteiger partial charge in [-0.2, -0.15) is 5.10 Å². The number of nitrogens with zero attached hydrogens (tertiary/aromatic N) is 2. The van der Waals surface area contributed by atoms with Gasteiger partial charge < -0.3 is 10.2 Å². The van der Waals surface area contributed by atoms with Crippen LogP contribution in [-0.2, 0) is 0 Å². The number of carboxylic acid groups (broad SMARTS) is 1. The van der Waals surface area contributed by atoms with E-state index in [1.54, 1.807) is 11.5 Å². The second kappa shape index (κ2) is 8.16. The number of aromatic hydroxyl groups is 1. The van der Waals surface area contributed by atoms with E-state index in [0.29, 0.717) is 11.3 Å². The number of benzene rings is 3. The number of hydrogen-bond acceptors (Lipinski definition) is 4. The van der Waals surface area contributed by atoms with Gasteiger partial charge in [0.2, 0.25) is 5.88 Å². The summed E-state index contributed by atoms with van der Waals surface area (Å²) < 4.78 is 1.73. The van der Waals surface area contributed by atoms with E-state index in [2.05, 4.69) is 10.5 Å². The van der Waals surface area contributed by atoms with Crippen LogP contribution in [0.3, 0.4) is 0 Å². The van der Waals surface area contributed by atoms with Crippen LogP contribution in [0.15, 0.2) is 84.0 Å². The predicted molar refractivity (Wildman–Crippen MR) is 118 cm³/mol. The first-order chi connectivity index (χ1) is 15.0. The Hall–Kier alpha value is -4.39. The Morgan fingerprint density at radius 2 is 1.48 bits per heavy atom. The molecular weight excluding hydrogens is 394 g/mol. The van der Waals surface area contributed by atoms with Crippen molar-refractivity contribution in [2.45, 2.75) is 6.92 Å². The van der Waals surface area contributed by atoms with Gasteiger partial charge in [-0.3, -0.25) is 9.36 Å². The maximum absolute atomic E-state index is 12.4. The van der Waals surface area contributed by atoms with Crippen molar-refractivity contribution in [1.82, 2.24) is 9.99 Å². The molecule has 1 amide bonds. The van der Waals surface area contributed by atoms with Gasteiger partial charge in [0.05, 0.1) is 22.4 Å². The smallest absolute Gasteiger partial charge is 0.335 e. The molecule has 1 aromatic heterocycles. The lowest BCUT2D eigenvalue weighted by Crippen LogP contribution is -2.19. The standard InChI is InChI=1S/C24H19N3O4/c1-15(25-26-22(28)16-11-13-17(14-12-16)24(30)31)21-19-9-5-6-10-20(19)27(23(21)29)18-7-3-2-4-8-18/h2-14,29H,1H3,(H,26,28)(H,30,31)/b25-15+. The van der Waals surface area contributed by atoms with E-state index in [4.69, 9.17) is 5.11 Å². The number of carbonyl (C=O) groups excluding carboxylic acids is 1. The molecule has 4 rings (SSSR count). The van der Waals surface area contributed by atoms with E-state index in [1.807, 2.05) is 54.6 Å². The molecule has 154 valence electrons. The van der Waals surface area contributed by atoms with Crippen LogP contribution in [0, 0.1) is 0 Å². The zero-order valence-electron chi connectivity index (χ0n) is 16.6. The summed E-state index contributed by atoms with van der Waals surface area (Å²) in [6.45, 7) is 1.70. The number of nitrogens with one attached hydrogen (secondary N) is 1. The van der Waals surface area contributed by atoms with E-state index in [0.717, 1.165) is 16.6 Å². The first-order valence-corrected chi connectivity index (χ1v) is 9.53. The minimum Gasteiger partial charge on any atom is -0.494 e. The molecule has 0 spiro atoms. The highest BCUT2D eigenvalue weighted by molar-refractivity contribution is 6.13. The molecule has 4 aromatic rings. The first-order valence-electron chi connectivity index (χ1n) is 9.53. The lowest BCUT2D eigenvalue weighted by Gasteiger charge is -2.07. The molecule has 3 N–H and O–H groups in total. The van der Waals surface area contributed by atoms with Crippen LogP contribution >= 0.6 is 0 Å². The molecule has 0 unspecified atom stereocenters. The molecule has 0 fully saturated rings. The van der Waals surface area contributed by atoms with Crippen LogP contribution < -0.4 is 5.43 Å². The zero-order chi connectivity index (χ0) is 22.0. The summed E-state index contributed by atoms with van der Waals surface area (Å²) in [7, 11) is 0. The second-order valence-corrected chi connectivity index (χ2v) is 6.91. The maximum atomic E-state index is 12.4. The third kappa shape index (κ3) is 3.76. The third-order valence-electron chi connectivity index (χ3n) is 4.95. The molecule has 0 bridgehead atoms. The summed E-state index contributed by atoms with van der Waals surface area (Å²) in [6.07, 6.45) is 0. The minimum absolute atomic E-state index is 0.0220. The van der Waals surface area contributed by atoms with Crippen LogP contribution in [0.4, 0.5) is 0 Å². The molecule has 0 aliphatic carbocycles. The Kier molecular flexibility index (Phi) is 5.24. The topological polar surface area (TPSA) is 104 Å². The van der Waals surface area contributed by atoms with Gasteiger partial charge in [0, 0.05) is 16.6 Å². The van der Waals surface area contributed by atoms with Gasteiger partial charge in [-0.15, -0.1) is 0 Å². The molecule has 7 heteroatoms. The van der Waals surface area contributed by atoms with Crippen LogP contribution in [-0.4, -0.2) is 32.4 Å². The number of aromatic carboxylic acids is 1. The average Bonchev–Trinajstić information content (AvgIpc) is 3.09. The van der Waals surface area contributed by atoms with Crippen molar-refractivity contribution in [3.05, 3.63) is 95.6 Å². The molecule has 0 aliphatic heterocycles. The van der Waals surface area contributed by atoms with Crippen molar-refractivity contribution in [2.75, 3.05) is 0 Å². The molecule has 0 radical (unpaired) electrons. The van der Waals surface area contributed by atoms with Gasteiger partial charge in [0.15, 0.2) is 0 Å². The highest BCUT2D eigenvalue weighted by atomic mass is 16.4. The Bertz CT molecular complexity index is 1310. The number of fused-ring (bicyclic) bond motifs is 1. The number of hydrogen-bond donors (Lipinski definition) is 3. The Balaban J connectivity index is 1.68. The first kappa shape index (κ1) is 19.9. The molecule has 0 saturated carbocycles. The SMILES string of the molecule is C/C(=N\NC(=O)c1ccc(C(=O)O)cc1)c1c(O)n(-c2ccccc2)c2ccccc12. The van der Waals surface area contributed by atoms with E-state index < -0.39 is 11.9 Å². The van der Waals surface area contributed by atoms with Crippen molar-refractivity contribution in [1.29, 1.82) is 0 Å². The van der Waals surface area contributed by atoms with Crippen LogP contribution in [0.25, 0.3) is 16.6 Å². The van der Waals surface area contributed by atoms with E-state index in [-0.39, 0.29) is 17.0 Å². The normalized spacial score (nSPS) is 11.5. The quantitative estimate of drug-likeness (QED) is 0.337. The van der Waals surface area contributed by atoms with Gasteiger partial charge in [-0.05, 0) is 49.4 Å². The summed E-state index contributed by atoms with van der Waals surface area (Å²) in [4.78, 5) is 23.4. The molecule has 7 nitrogen and oxygen atoms in total. The fraction of sp³-hybridized carbons (Fsp3) is 0.0417. The van der Waals surface area contributed by atoms with E-state index in [9.17, 15) is 14.7 Å². The van der Waals surface area contributed by atoms with Crippen molar-refractivity contribution in [3.8, 4) is 11.6 Å². The number of carboxylic acids is 1. The fourth-order valence-corrected chi connectivity index (χ4v) is 3.44. The van der Waals surface area contributed by atoms with Crippen molar-refractivity contribution < 1.29 is 19.8 Å². The molecular formula is C24H19N3O4. The minimum atomic E-state index is -1.06. The van der Waals surface area contributed by atoms with E-state index in [1.165, 1.54) is 24.3 Å². The van der Waals surface area contributed by atoms with Gasteiger partial charge in [0.25, 0.3) is 5.91 Å². The van der Waals surface area contributed by atoms with Gasteiger partial charge in [-0.25, -0.2) is 10.2 Å². The molecule has 0 atom stereocenters. The largest absolute Gasteiger partial charge is 0.494 e. The third-order valence-corrected chi connectivity index (χ3v) is 4.95. The monoisotopic (exact) mass is 413 g/mol. The number of aromatic nitrogens is 1. The summed E-state index contributed by atoms with van der Waals surface area (Å²) in [6, 6.07) is 22.6.